The third kappa shape index (κ3) is 2.96. The lowest BCUT2D eigenvalue weighted by atomic mass is 10.1. The van der Waals surface area contributed by atoms with E-state index in [4.69, 9.17) is 17.3 Å². The highest BCUT2D eigenvalue weighted by atomic mass is 35.5. The molecule has 3 N–H and O–H groups in total. The molecule has 17 heavy (non-hydrogen) atoms. The minimum absolute atomic E-state index is 0.0397. The van der Waals surface area contributed by atoms with Gasteiger partial charge in [0.15, 0.2) is 0 Å². The lowest BCUT2D eigenvalue weighted by molar-refractivity contribution is 0.788. The van der Waals surface area contributed by atoms with Crippen molar-refractivity contribution in [2.45, 2.75) is 6.04 Å². The van der Waals surface area contributed by atoms with Gasteiger partial charge in [-0.2, -0.15) is 0 Å². The van der Waals surface area contributed by atoms with Gasteiger partial charge < -0.3 is 11.1 Å². The zero-order valence-corrected chi connectivity index (χ0v) is 10.1. The van der Waals surface area contributed by atoms with Crippen molar-refractivity contribution in [1.82, 2.24) is 4.98 Å². The van der Waals surface area contributed by atoms with Crippen molar-refractivity contribution in [3.63, 3.8) is 0 Å². The molecule has 2 aromatic rings. The Morgan fingerprint density at radius 1 is 1.18 bits per heavy atom. The predicted molar refractivity (Wildman–Crippen MR) is 71.1 cm³/mol. The molecule has 0 aliphatic rings. The summed E-state index contributed by atoms with van der Waals surface area (Å²) in [6, 6.07) is 11.6. The van der Waals surface area contributed by atoms with Gasteiger partial charge in [-0.3, -0.25) is 4.98 Å². The summed E-state index contributed by atoms with van der Waals surface area (Å²) in [5.74, 6) is 0. The smallest absolute Gasteiger partial charge is 0.0637 e. The van der Waals surface area contributed by atoms with E-state index in [0.717, 1.165) is 11.3 Å². The van der Waals surface area contributed by atoms with Gasteiger partial charge in [0.1, 0.15) is 0 Å². The van der Waals surface area contributed by atoms with Gasteiger partial charge in [0.2, 0.25) is 0 Å². The average molecular weight is 248 g/mol. The molecule has 0 saturated heterocycles. The largest absolute Gasteiger partial charge is 0.376 e. The number of para-hydroxylation sites is 1. The Kier molecular flexibility index (Phi) is 3.96. The number of nitrogens with two attached hydrogens (primary N) is 1. The fourth-order valence-corrected chi connectivity index (χ4v) is 1.83. The van der Waals surface area contributed by atoms with Gasteiger partial charge in [0.25, 0.3) is 0 Å². The highest BCUT2D eigenvalue weighted by Gasteiger charge is 2.10. The van der Waals surface area contributed by atoms with Crippen LogP contribution in [-0.2, 0) is 0 Å². The van der Waals surface area contributed by atoms with E-state index >= 15 is 0 Å². The van der Waals surface area contributed by atoms with E-state index in [0.29, 0.717) is 11.6 Å². The fraction of sp³-hybridized carbons (Fsp3) is 0.154. The zero-order valence-electron chi connectivity index (χ0n) is 9.31. The van der Waals surface area contributed by atoms with Crippen LogP contribution in [0.3, 0.4) is 0 Å². The number of aromatic nitrogens is 1. The topological polar surface area (TPSA) is 50.9 Å². The summed E-state index contributed by atoms with van der Waals surface area (Å²) in [5.41, 5.74) is 7.77. The van der Waals surface area contributed by atoms with Gasteiger partial charge in [-0.25, -0.2) is 0 Å². The minimum Gasteiger partial charge on any atom is -0.376 e. The van der Waals surface area contributed by atoms with Crippen LogP contribution in [0.1, 0.15) is 11.6 Å². The third-order valence-corrected chi connectivity index (χ3v) is 2.88. The van der Waals surface area contributed by atoms with Crippen LogP contribution < -0.4 is 11.1 Å². The Morgan fingerprint density at radius 2 is 1.88 bits per heavy atom. The molecule has 0 saturated carbocycles. The van der Waals surface area contributed by atoms with Crippen LogP contribution >= 0.6 is 11.6 Å². The average Bonchev–Trinajstić information content (AvgIpc) is 2.39. The molecule has 0 radical (unpaired) electrons. The molecular weight excluding hydrogens is 234 g/mol. The Balaban J connectivity index is 2.19. The predicted octanol–water partition coefficient (Wildman–Crippen LogP) is 2.85. The van der Waals surface area contributed by atoms with Gasteiger partial charge in [-0.1, -0.05) is 23.7 Å². The molecule has 4 heteroatoms. The van der Waals surface area contributed by atoms with Crippen LogP contribution in [0.15, 0.2) is 48.8 Å². The molecule has 1 atom stereocenters. The maximum absolute atomic E-state index is 6.10. The fourth-order valence-electron chi connectivity index (χ4n) is 1.64. The van der Waals surface area contributed by atoms with Crippen LogP contribution in [0.25, 0.3) is 0 Å². The third-order valence-electron chi connectivity index (χ3n) is 2.55. The maximum atomic E-state index is 6.10. The quantitative estimate of drug-likeness (QED) is 0.874. The Labute approximate surface area is 106 Å². The number of halogens is 1. The first kappa shape index (κ1) is 11.9. The first-order valence-corrected chi connectivity index (χ1v) is 5.80. The van der Waals surface area contributed by atoms with Crippen molar-refractivity contribution < 1.29 is 0 Å². The molecule has 0 bridgehead atoms. The van der Waals surface area contributed by atoms with Gasteiger partial charge in [-0.05, 0) is 29.8 Å². The molecular formula is C13H14ClN3. The van der Waals surface area contributed by atoms with E-state index < -0.39 is 0 Å². The van der Waals surface area contributed by atoms with Crippen molar-refractivity contribution >= 4 is 17.3 Å². The van der Waals surface area contributed by atoms with Gasteiger partial charge in [-0.15, -0.1) is 0 Å². The van der Waals surface area contributed by atoms with E-state index in [2.05, 4.69) is 10.3 Å². The lowest BCUT2D eigenvalue weighted by Gasteiger charge is -2.19. The Bertz CT molecular complexity index is 473. The van der Waals surface area contributed by atoms with E-state index in [1.807, 2.05) is 36.4 Å². The highest BCUT2D eigenvalue weighted by Crippen LogP contribution is 2.25. The number of anilines is 1. The molecule has 3 nitrogen and oxygen atoms in total. The molecule has 1 heterocycles. The van der Waals surface area contributed by atoms with Crippen molar-refractivity contribution in [2.24, 2.45) is 5.73 Å². The van der Waals surface area contributed by atoms with E-state index in [1.165, 1.54) is 0 Å². The second-order valence-electron chi connectivity index (χ2n) is 3.69. The first-order chi connectivity index (χ1) is 8.31. The molecule has 0 aliphatic carbocycles. The zero-order chi connectivity index (χ0) is 12.1. The van der Waals surface area contributed by atoms with E-state index in [-0.39, 0.29) is 6.04 Å². The number of benzene rings is 1. The van der Waals surface area contributed by atoms with Gasteiger partial charge in [0.05, 0.1) is 16.8 Å². The summed E-state index contributed by atoms with van der Waals surface area (Å²) < 4.78 is 0. The first-order valence-electron chi connectivity index (χ1n) is 5.42. The molecule has 1 unspecified atom stereocenters. The van der Waals surface area contributed by atoms with Crippen molar-refractivity contribution in [2.75, 3.05) is 11.9 Å². The SMILES string of the molecule is NCC(Nc1ccccc1Cl)c1ccncc1. The van der Waals surface area contributed by atoms with Gasteiger partial charge in [0, 0.05) is 18.9 Å². The second-order valence-corrected chi connectivity index (χ2v) is 4.10. The van der Waals surface area contributed by atoms with E-state index in [1.54, 1.807) is 12.4 Å². The second kappa shape index (κ2) is 5.66. The van der Waals surface area contributed by atoms with Crippen molar-refractivity contribution in [1.29, 1.82) is 0 Å². The molecule has 0 spiro atoms. The Morgan fingerprint density at radius 3 is 2.53 bits per heavy atom. The normalized spacial score (nSPS) is 12.1. The molecule has 0 aliphatic heterocycles. The van der Waals surface area contributed by atoms with Crippen LogP contribution in [0.5, 0.6) is 0 Å². The van der Waals surface area contributed by atoms with Crippen LogP contribution in [0.4, 0.5) is 5.69 Å². The van der Waals surface area contributed by atoms with Crippen molar-refractivity contribution in [3.8, 4) is 0 Å². The number of nitrogens with one attached hydrogen (secondary N) is 1. The number of rotatable bonds is 4. The standard InChI is InChI=1S/C13H14ClN3/c14-11-3-1-2-4-12(11)17-13(9-15)10-5-7-16-8-6-10/h1-8,13,17H,9,15H2. The summed E-state index contributed by atoms with van der Waals surface area (Å²) in [6.45, 7) is 0.495. The summed E-state index contributed by atoms with van der Waals surface area (Å²) in [7, 11) is 0. The Hall–Kier alpha value is -1.58. The number of hydrogen-bond acceptors (Lipinski definition) is 3. The monoisotopic (exact) mass is 247 g/mol. The molecule has 0 fully saturated rings. The van der Waals surface area contributed by atoms with Crippen molar-refractivity contribution in [3.05, 3.63) is 59.4 Å². The lowest BCUT2D eigenvalue weighted by Crippen LogP contribution is -2.20. The minimum atomic E-state index is 0.0397. The molecule has 1 aromatic carbocycles. The summed E-state index contributed by atoms with van der Waals surface area (Å²) >= 11 is 6.10. The summed E-state index contributed by atoms with van der Waals surface area (Å²) in [6.07, 6.45) is 3.51. The molecule has 0 amide bonds. The summed E-state index contributed by atoms with van der Waals surface area (Å²) in [4.78, 5) is 3.99. The number of nitrogens with zero attached hydrogens (tertiary/aromatic N) is 1. The summed E-state index contributed by atoms with van der Waals surface area (Å²) in [5, 5.41) is 4.02. The molecule has 88 valence electrons. The number of pyridine rings is 1. The number of hydrogen-bond donors (Lipinski definition) is 2. The highest BCUT2D eigenvalue weighted by molar-refractivity contribution is 6.33. The van der Waals surface area contributed by atoms with Crippen LogP contribution in [-0.4, -0.2) is 11.5 Å². The van der Waals surface area contributed by atoms with E-state index in [9.17, 15) is 0 Å². The van der Waals surface area contributed by atoms with Gasteiger partial charge >= 0.3 is 0 Å². The molecule has 2 rings (SSSR count). The molecule has 1 aromatic heterocycles. The maximum Gasteiger partial charge on any atom is 0.0637 e. The van der Waals surface area contributed by atoms with Crippen LogP contribution in [0.2, 0.25) is 5.02 Å². The van der Waals surface area contributed by atoms with Crippen LogP contribution in [0, 0.1) is 0 Å².